The van der Waals surface area contributed by atoms with Crippen LogP contribution in [0.25, 0.3) is 0 Å². The SMILES string of the molecule is O=C1c2ccc(N(CCOS(=O)(=O)O)CCOS(=O)(=O)O)cc2C(=O)c2ccc(N(CCOS(=O)(=O)O)CCOS(=O)(=O)O)cc21. The summed E-state index contributed by atoms with van der Waals surface area (Å²) >= 11 is 0. The molecule has 0 spiro atoms. The van der Waals surface area contributed by atoms with Crippen molar-refractivity contribution in [1.29, 1.82) is 0 Å². The van der Waals surface area contributed by atoms with Gasteiger partial charge in [0, 0.05) is 59.8 Å². The molecule has 0 radical (unpaired) electrons. The van der Waals surface area contributed by atoms with Gasteiger partial charge in [0.25, 0.3) is 0 Å². The van der Waals surface area contributed by atoms with E-state index in [2.05, 4.69) is 16.7 Å². The van der Waals surface area contributed by atoms with Crippen molar-refractivity contribution in [2.45, 2.75) is 0 Å². The first-order valence-electron chi connectivity index (χ1n) is 12.5. The Morgan fingerprint density at radius 1 is 0.457 bits per heavy atom. The molecule has 0 amide bonds. The zero-order valence-corrected chi connectivity index (χ0v) is 26.4. The molecule has 3 rings (SSSR count). The Morgan fingerprint density at radius 3 is 0.957 bits per heavy atom. The van der Waals surface area contributed by atoms with Gasteiger partial charge in [0.05, 0.1) is 26.4 Å². The highest BCUT2D eigenvalue weighted by Crippen LogP contribution is 2.32. The fourth-order valence-electron chi connectivity index (χ4n) is 4.27. The summed E-state index contributed by atoms with van der Waals surface area (Å²) in [6.45, 7) is -3.69. The van der Waals surface area contributed by atoms with Crippen molar-refractivity contribution in [3.05, 3.63) is 58.7 Å². The molecule has 2 aromatic carbocycles. The summed E-state index contributed by atoms with van der Waals surface area (Å²) in [5.74, 6) is -1.28. The summed E-state index contributed by atoms with van der Waals surface area (Å²) in [5, 5.41) is 0. The lowest BCUT2D eigenvalue weighted by Gasteiger charge is -2.27. The van der Waals surface area contributed by atoms with Gasteiger partial charge >= 0.3 is 41.6 Å². The zero-order chi connectivity index (χ0) is 34.5. The van der Waals surface area contributed by atoms with Gasteiger partial charge in [-0.15, -0.1) is 0 Å². The largest absolute Gasteiger partial charge is 0.397 e. The second-order valence-electron chi connectivity index (χ2n) is 9.09. The van der Waals surface area contributed by atoms with E-state index in [1.54, 1.807) is 0 Å². The lowest BCUT2D eigenvalue weighted by Crippen LogP contribution is -2.33. The quantitative estimate of drug-likeness (QED) is 0.118. The average Bonchev–Trinajstić information content (AvgIpc) is 2.91. The molecule has 0 saturated heterocycles. The van der Waals surface area contributed by atoms with Crippen molar-refractivity contribution < 1.29 is 78.2 Å². The Labute approximate surface area is 263 Å². The number of hydrogen-bond acceptors (Lipinski definition) is 16. The molecule has 0 saturated carbocycles. The van der Waals surface area contributed by atoms with Gasteiger partial charge in [-0.2, -0.15) is 33.7 Å². The molecule has 0 aliphatic heterocycles. The van der Waals surface area contributed by atoms with E-state index >= 15 is 0 Å². The molecule has 0 heterocycles. The maximum atomic E-state index is 13.5. The highest BCUT2D eigenvalue weighted by molar-refractivity contribution is 7.81. The van der Waals surface area contributed by atoms with Crippen LogP contribution in [0.15, 0.2) is 36.4 Å². The van der Waals surface area contributed by atoms with Crippen LogP contribution in [0.5, 0.6) is 0 Å². The first-order chi connectivity index (χ1) is 21.1. The summed E-state index contributed by atoms with van der Waals surface area (Å²) in [6.07, 6.45) is 0. The number of anilines is 2. The highest BCUT2D eigenvalue weighted by atomic mass is 32.3. The molecule has 20 nitrogen and oxygen atoms in total. The number of carbonyl (C=O) groups excluding carboxylic acids is 2. The van der Waals surface area contributed by atoms with E-state index in [9.17, 15) is 43.3 Å². The van der Waals surface area contributed by atoms with Crippen molar-refractivity contribution in [2.24, 2.45) is 0 Å². The predicted molar refractivity (Wildman–Crippen MR) is 154 cm³/mol. The van der Waals surface area contributed by atoms with E-state index in [-0.39, 0.29) is 59.8 Å². The lowest BCUT2D eigenvalue weighted by molar-refractivity contribution is 0.0979. The normalized spacial score (nSPS) is 13.7. The monoisotopic (exact) mass is 734 g/mol. The average molecular weight is 735 g/mol. The van der Waals surface area contributed by atoms with Crippen LogP contribution in [0.3, 0.4) is 0 Å². The molecule has 46 heavy (non-hydrogen) atoms. The van der Waals surface area contributed by atoms with Gasteiger partial charge in [0.15, 0.2) is 11.6 Å². The van der Waals surface area contributed by atoms with E-state index in [0.717, 1.165) is 0 Å². The van der Waals surface area contributed by atoms with Crippen LogP contribution < -0.4 is 9.80 Å². The standard InChI is InChI=1S/C22H26N2O18S4/c25-21-17-3-1-15(23(5-9-39-43(27,28)29)6-10-40-44(30,31)32)13-19(17)22(26)18-4-2-16(14-20(18)21)24(7-11-41-45(33,34)35)8-12-42-46(36,37)38/h1-4,13-14H,5-12H2,(H,27,28,29)(H,30,31,32)(H,33,34,35)(H,36,37,38). The number of fused-ring (bicyclic) bond motifs is 2. The molecule has 1 aliphatic carbocycles. The van der Waals surface area contributed by atoms with E-state index in [1.807, 2.05) is 0 Å². The maximum Gasteiger partial charge on any atom is 0.397 e. The molecule has 0 aromatic heterocycles. The zero-order valence-electron chi connectivity index (χ0n) is 23.2. The Hall–Kier alpha value is -3.14. The van der Waals surface area contributed by atoms with Gasteiger partial charge in [-0.3, -0.25) is 27.8 Å². The fourth-order valence-corrected chi connectivity index (χ4v) is 5.41. The first kappa shape index (κ1) is 37.3. The Balaban J connectivity index is 1.91. The summed E-state index contributed by atoms with van der Waals surface area (Å²) in [7, 11) is -19.3. The van der Waals surface area contributed by atoms with Crippen LogP contribution in [0.1, 0.15) is 31.8 Å². The van der Waals surface area contributed by atoms with Crippen molar-refractivity contribution in [3.8, 4) is 0 Å². The van der Waals surface area contributed by atoms with E-state index in [0.29, 0.717) is 0 Å². The second kappa shape index (κ2) is 14.7. The number of nitrogens with zero attached hydrogens (tertiary/aromatic N) is 2. The van der Waals surface area contributed by atoms with Crippen molar-refractivity contribution in [2.75, 3.05) is 62.4 Å². The molecule has 1 aliphatic rings. The minimum atomic E-state index is -4.83. The van der Waals surface area contributed by atoms with E-state index in [1.165, 1.54) is 46.2 Å². The summed E-state index contributed by atoms with van der Waals surface area (Å²) in [5.41, 5.74) is -0.00280. The molecule has 256 valence electrons. The van der Waals surface area contributed by atoms with Crippen LogP contribution in [0.4, 0.5) is 11.4 Å². The van der Waals surface area contributed by atoms with Gasteiger partial charge in [-0.1, -0.05) is 0 Å². The number of rotatable bonds is 18. The topological polar surface area (TPSA) is 295 Å². The number of carbonyl (C=O) groups is 2. The van der Waals surface area contributed by atoms with Gasteiger partial charge in [-0.05, 0) is 36.4 Å². The Bertz CT molecular complexity index is 1700. The third-order valence-electron chi connectivity index (χ3n) is 6.09. The van der Waals surface area contributed by atoms with Gasteiger partial charge in [0.2, 0.25) is 0 Å². The highest BCUT2D eigenvalue weighted by Gasteiger charge is 2.31. The van der Waals surface area contributed by atoms with Gasteiger partial charge < -0.3 is 9.80 Å². The molecule has 24 heteroatoms. The smallest absolute Gasteiger partial charge is 0.367 e. The molecular weight excluding hydrogens is 709 g/mol. The summed E-state index contributed by atoms with van der Waals surface area (Å²) in [4.78, 5) is 29.5. The third kappa shape index (κ3) is 11.6. The summed E-state index contributed by atoms with van der Waals surface area (Å²) < 4.78 is 140. The number of ketones is 2. The van der Waals surface area contributed by atoms with Crippen molar-refractivity contribution >= 4 is 64.5 Å². The van der Waals surface area contributed by atoms with E-state index < -0.39 is 79.6 Å². The molecular formula is C22H26N2O18S4. The maximum absolute atomic E-state index is 13.5. The van der Waals surface area contributed by atoms with Gasteiger partial charge in [0.1, 0.15) is 0 Å². The molecule has 0 bridgehead atoms. The van der Waals surface area contributed by atoms with Crippen LogP contribution in [0, 0.1) is 0 Å². The molecule has 2 aromatic rings. The van der Waals surface area contributed by atoms with Crippen LogP contribution >= 0.6 is 0 Å². The Morgan fingerprint density at radius 2 is 0.717 bits per heavy atom. The molecule has 0 atom stereocenters. The predicted octanol–water partition coefficient (Wildman–Crippen LogP) is -0.648. The number of benzene rings is 2. The van der Waals surface area contributed by atoms with Crippen LogP contribution in [-0.4, -0.2) is 116 Å². The summed E-state index contributed by atoms with van der Waals surface area (Å²) in [6, 6.07) is 7.73. The third-order valence-corrected chi connectivity index (χ3v) is 7.95. The molecule has 0 fully saturated rings. The molecule has 4 N–H and O–H groups in total. The fraction of sp³-hybridized carbons (Fsp3) is 0.364. The first-order valence-corrected chi connectivity index (χ1v) is 17.9. The van der Waals surface area contributed by atoms with Crippen LogP contribution in [0.2, 0.25) is 0 Å². The number of hydrogen-bond donors (Lipinski definition) is 4. The lowest BCUT2D eigenvalue weighted by atomic mass is 9.83. The van der Waals surface area contributed by atoms with Crippen molar-refractivity contribution in [1.82, 2.24) is 0 Å². The van der Waals surface area contributed by atoms with Crippen LogP contribution in [-0.2, 0) is 58.3 Å². The minimum Gasteiger partial charge on any atom is -0.367 e. The van der Waals surface area contributed by atoms with Gasteiger partial charge in [-0.25, -0.2) is 16.7 Å². The minimum absolute atomic E-state index is 0.0716. The van der Waals surface area contributed by atoms with Crippen molar-refractivity contribution in [3.63, 3.8) is 0 Å². The second-order valence-corrected chi connectivity index (χ2v) is 13.5. The molecule has 0 unspecified atom stereocenters. The van der Waals surface area contributed by atoms with E-state index in [4.69, 9.17) is 18.2 Å². The Kier molecular flexibility index (Phi) is 12.0.